The standard InChI is InChI=1S/C21H18FN7OS/c1-3-15-21(30)28(2)16-11-24-18(14-10-25-27-17(14)20-23-8-9-31-20)26-19(16)29(15)13-6-4-12(22)5-7-13/h4-11,15H,3H2,1-2H3,(H,25,27). The largest absolute Gasteiger partial charge is 0.312 e. The van der Waals surface area contributed by atoms with Crippen LogP contribution < -0.4 is 9.80 Å². The van der Waals surface area contributed by atoms with Crippen molar-refractivity contribution >= 4 is 34.4 Å². The highest BCUT2D eigenvalue weighted by Crippen LogP contribution is 2.41. The molecule has 1 atom stereocenters. The second-order valence-electron chi connectivity index (χ2n) is 7.07. The van der Waals surface area contributed by atoms with Gasteiger partial charge in [0.2, 0.25) is 5.91 Å². The minimum absolute atomic E-state index is 0.0672. The number of likely N-dealkylation sites (N-methyl/N-ethyl adjacent to an activating group) is 1. The predicted octanol–water partition coefficient (Wildman–Crippen LogP) is 4.02. The second-order valence-corrected chi connectivity index (χ2v) is 7.96. The summed E-state index contributed by atoms with van der Waals surface area (Å²) in [7, 11) is 1.72. The number of nitrogens with one attached hydrogen (secondary N) is 1. The van der Waals surface area contributed by atoms with E-state index in [0.29, 0.717) is 35.0 Å². The number of carbonyl (C=O) groups is 1. The quantitative estimate of drug-likeness (QED) is 0.521. The molecular formula is C21H18FN7OS. The number of benzene rings is 1. The van der Waals surface area contributed by atoms with Crippen molar-refractivity contribution in [1.82, 2.24) is 25.1 Å². The molecule has 4 heterocycles. The summed E-state index contributed by atoms with van der Waals surface area (Å²) < 4.78 is 13.6. The van der Waals surface area contributed by atoms with Crippen LogP contribution in [0.25, 0.3) is 22.1 Å². The monoisotopic (exact) mass is 435 g/mol. The van der Waals surface area contributed by atoms with Gasteiger partial charge in [0, 0.05) is 24.3 Å². The molecule has 1 unspecified atom stereocenters. The zero-order valence-corrected chi connectivity index (χ0v) is 17.6. The maximum absolute atomic E-state index is 13.6. The molecule has 1 aliphatic rings. The molecule has 0 saturated heterocycles. The van der Waals surface area contributed by atoms with E-state index in [-0.39, 0.29) is 11.7 Å². The highest BCUT2D eigenvalue weighted by molar-refractivity contribution is 7.13. The van der Waals surface area contributed by atoms with Crippen molar-refractivity contribution < 1.29 is 9.18 Å². The van der Waals surface area contributed by atoms with Crippen LogP contribution >= 0.6 is 11.3 Å². The SMILES string of the molecule is CCC1C(=O)N(C)c2cnc(-c3cn[nH]c3-c3nccs3)nc2N1c1ccc(F)cc1. The van der Waals surface area contributed by atoms with Crippen molar-refractivity contribution in [3.63, 3.8) is 0 Å². The van der Waals surface area contributed by atoms with Gasteiger partial charge in [-0.25, -0.2) is 19.3 Å². The molecule has 156 valence electrons. The Morgan fingerprint density at radius 2 is 2.00 bits per heavy atom. The summed E-state index contributed by atoms with van der Waals surface area (Å²) >= 11 is 1.48. The summed E-state index contributed by atoms with van der Waals surface area (Å²) in [5, 5.41) is 9.79. The zero-order chi connectivity index (χ0) is 21.5. The Morgan fingerprint density at radius 1 is 1.19 bits per heavy atom. The molecule has 31 heavy (non-hydrogen) atoms. The lowest BCUT2D eigenvalue weighted by atomic mass is 10.1. The number of hydrogen-bond donors (Lipinski definition) is 1. The normalized spacial score (nSPS) is 16.0. The van der Waals surface area contributed by atoms with Crippen LogP contribution in [0.4, 0.5) is 21.6 Å². The molecule has 0 spiro atoms. The first kappa shape index (κ1) is 19.3. The number of halogens is 1. The number of nitrogens with zero attached hydrogens (tertiary/aromatic N) is 6. The van der Waals surface area contributed by atoms with Gasteiger partial charge >= 0.3 is 0 Å². The third-order valence-electron chi connectivity index (χ3n) is 5.28. The second kappa shape index (κ2) is 7.55. The van der Waals surface area contributed by atoms with Crippen molar-refractivity contribution in [1.29, 1.82) is 0 Å². The molecule has 0 radical (unpaired) electrons. The Morgan fingerprint density at radius 3 is 2.71 bits per heavy atom. The molecule has 1 aliphatic heterocycles. The van der Waals surface area contributed by atoms with E-state index in [1.165, 1.54) is 23.5 Å². The number of H-pyrrole nitrogens is 1. The molecule has 10 heteroatoms. The molecular weight excluding hydrogens is 417 g/mol. The lowest BCUT2D eigenvalue weighted by molar-refractivity contribution is -0.119. The highest BCUT2D eigenvalue weighted by atomic mass is 32.1. The summed E-state index contributed by atoms with van der Waals surface area (Å²) in [4.78, 5) is 30.1. The van der Waals surface area contributed by atoms with Crippen LogP contribution in [0, 0.1) is 5.82 Å². The molecule has 1 N–H and O–H groups in total. The number of thiazole rings is 1. The van der Waals surface area contributed by atoms with E-state index in [0.717, 1.165) is 10.7 Å². The predicted molar refractivity (Wildman–Crippen MR) is 117 cm³/mol. The number of hydrogen-bond acceptors (Lipinski definition) is 7. The molecule has 5 rings (SSSR count). The van der Waals surface area contributed by atoms with Crippen LogP contribution in [0.15, 0.2) is 48.2 Å². The summed E-state index contributed by atoms with van der Waals surface area (Å²) in [5.41, 5.74) is 2.72. The van der Waals surface area contributed by atoms with E-state index >= 15 is 0 Å². The summed E-state index contributed by atoms with van der Waals surface area (Å²) in [6.45, 7) is 1.94. The smallest absolute Gasteiger partial charge is 0.250 e. The Hall–Kier alpha value is -3.66. The average Bonchev–Trinajstić information content (AvgIpc) is 3.48. The summed E-state index contributed by atoms with van der Waals surface area (Å²) in [6.07, 6.45) is 5.59. The van der Waals surface area contributed by atoms with Crippen LogP contribution in [0.1, 0.15) is 13.3 Å². The van der Waals surface area contributed by atoms with E-state index in [2.05, 4.69) is 20.2 Å². The first-order chi connectivity index (χ1) is 15.1. The van der Waals surface area contributed by atoms with Gasteiger partial charge in [0.05, 0.1) is 18.0 Å². The third-order valence-corrected chi connectivity index (χ3v) is 6.08. The number of fused-ring (bicyclic) bond motifs is 1. The minimum Gasteiger partial charge on any atom is -0.312 e. The average molecular weight is 435 g/mol. The molecule has 0 aliphatic carbocycles. The van der Waals surface area contributed by atoms with Crippen molar-refractivity contribution in [2.24, 2.45) is 0 Å². The maximum Gasteiger partial charge on any atom is 0.250 e. The fraction of sp³-hybridized carbons (Fsp3) is 0.190. The molecule has 0 saturated carbocycles. The van der Waals surface area contributed by atoms with Crippen LogP contribution in [0.3, 0.4) is 0 Å². The molecule has 0 bridgehead atoms. The molecule has 3 aromatic heterocycles. The van der Waals surface area contributed by atoms with Crippen LogP contribution in [0.5, 0.6) is 0 Å². The Labute approximate surface area is 181 Å². The fourth-order valence-electron chi connectivity index (χ4n) is 3.74. The molecule has 4 aromatic rings. The van der Waals surface area contributed by atoms with Crippen molar-refractivity contribution in [2.75, 3.05) is 16.8 Å². The van der Waals surface area contributed by atoms with Gasteiger partial charge in [0.15, 0.2) is 11.6 Å². The molecule has 0 fully saturated rings. The Kier molecular flexibility index (Phi) is 4.70. The van der Waals surface area contributed by atoms with Gasteiger partial charge in [0.1, 0.15) is 28.2 Å². The number of aromatic amines is 1. The van der Waals surface area contributed by atoms with Gasteiger partial charge in [-0.15, -0.1) is 11.3 Å². The first-order valence-electron chi connectivity index (χ1n) is 9.71. The van der Waals surface area contributed by atoms with Gasteiger partial charge in [-0.05, 0) is 30.7 Å². The van der Waals surface area contributed by atoms with Crippen molar-refractivity contribution in [3.05, 3.63) is 54.1 Å². The molecule has 1 aromatic carbocycles. The van der Waals surface area contributed by atoms with Crippen LogP contribution in [-0.4, -0.2) is 44.1 Å². The van der Waals surface area contributed by atoms with Gasteiger partial charge in [-0.1, -0.05) is 6.92 Å². The van der Waals surface area contributed by atoms with Crippen LogP contribution in [-0.2, 0) is 4.79 Å². The van der Waals surface area contributed by atoms with E-state index < -0.39 is 6.04 Å². The van der Waals surface area contributed by atoms with E-state index in [9.17, 15) is 9.18 Å². The van der Waals surface area contributed by atoms with Gasteiger partial charge in [0.25, 0.3) is 0 Å². The minimum atomic E-state index is -0.464. The van der Waals surface area contributed by atoms with E-state index in [1.54, 1.807) is 42.7 Å². The number of rotatable bonds is 4. The lowest BCUT2D eigenvalue weighted by Gasteiger charge is -2.40. The van der Waals surface area contributed by atoms with E-state index in [4.69, 9.17) is 4.98 Å². The maximum atomic E-state index is 13.6. The van der Waals surface area contributed by atoms with Crippen molar-refractivity contribution in [2.45, 2.75) is 19.4 Å². The number of anilines is 3. The van der Waals surface area contributed by atoms with Gasteiger partial charge in [-0.2, -0.15) is 5.10 Å². The number of carbonyl (C=O) groups excluding carboxylic acids is 1. The number of aromatic nitrogens is 5. The summed E-state index contributed by atoms with van der Waals surface area (Å²) in [5.74, 6) is 0.633. The zero-order valence-electron chi connectivity index (χ0n) is 16.8. The van der Waals surface area contributed by atoms with Gasteiger partial charge in [-0.3, -0.25) is 9.89 Å². The lowest BCUT2D eigenvalue weighted by Crippen LogP contribution is -2.50. The topological polar surface area (TPSA) is 90.9 Å². The highest BCUT2D eigenvalue weighted by Gasteiger charge is 2.38. The van der Waals surface area contributed by atoms with Crippen molar-refractivity contribution in [3.8, 4) is 22.1 Å². The van der Waals surface area contributed by atoms with Gasteiger partial charge < -0.3 is 9.80 Å². The third kappa shape index (κ3) is 3.15. The van der Waals surface area contributed by atoms with E-state index in [1.807, 2.05) is 17.2 Å². The fourth-order valence-corrected chi connectivity index (χ4v) is 4.38. The Balaban J connectivity index is 1.68. The molecule has 1 amide bonds. The first-order valence-corrected chi connectivity index (χ1v) is 10.6. The molecule has 8 nitrogen and oxygen atoms in total. The van der Waals surface area contributed by atoms with Crippen LogP contribution in [0.2, 0.25) is 0 Å². The number of amides is 1. The Bertz CT molecular complexity index is 1240. The summed E-state index contributed by atoms with van der Waals surface area (Å²) in [6, 6.07) is 5.60.